The van der Waals surface area contributed by atoms with Gasteiger partial charge in [-0.2, -0.15) is 0 Å². The van der Waals surface area contributed by atoms with Gasteiger partial charge in [0.05, 0.1) is 15.7 Å². The predicted molar refractivity (Wildman–Crippen MR) is 130 cm³/mol. The number of carbonyl (C=O) groups is 3. The zero-order chi connectivity index (χ0) is 24.2. The second kappa shape index (κ2) is 10.0. The van der Waals surface area contributed by atoms with Crippen LogP contribution >= 0.6 is 22.6 Å². The molecule has 3 aromatic rings. The van der Waals surface area contributed by atoms with E-state index in [1.165, 1.54) is 24.3 Å². The first-order chi connectivity index (χ1) is 16.3. The van der Waals surface area contributed by atoms with Crippen LogP contribution in [-0.2, 0) is 17.9 Å². The number of imide groups is 1. The van der Waals surface area contributed by atoms with Gasteiger partial charge in [-0.1, -0.05) is 36.4 Å². The van der Waals surface area contributed by atoms with Crippen molar-refractivity contribution in [3.63, 3.8) is 0 Å². The van der Waals surface area contributed by atoms with E-state index in [1.807, 2.05) is 0 Å². The minimum Gasteiger partial charge on any atom is -0.488 e. The summed E-state index contributed by atoms with van der Waals surface area (Å²) < 4.78 is 20.5. The number of hydrogen-bond donors (Lipinski definition) is 2. The van der Waals surface area contributed by atoms with Crippen molar-refractivity contribution in [3.05, 3.63) is 104 Å². The number of benzene rings is 3. The molecular formula is C25H18FIN2O5. The Morgan fingerprint density at radius 3 is 2.50 bits per heavy atom. The van der Waals surface area contributed by atoms with Gasteiger partial charge in [-0.15, -0.1) is 0 Å². The van der Waals surface area contributed by atoms with E-state index in [9.17, 15) is 18.8 Å². The van der Waals surface area contributed by atoms with Crippen molar-refractivity contribution in [3.8, 4) is 5.75 Å². The van der Waals surface area contributed by atoms with Crippen LogP contribution in [0.3, 0.4) is 0 Å². The molecule has 4 rings (SSSR count). The zero-order valence-electron chi connectivity index (χ0n) is 17.6. The van der Waals surface area contributed by atoms with Gasteiger partial charge in [0.15, 0.2) is 0 Å². The van der Waals surface area contributed by atoms with E-state index in [2.05, 4.69) is 27.9 Å². The highest BCUT2D eigenvalue weighted by Crippen LogP contribution is 2.25. The fraction of sp³-hybridized carbons (Fsp3) is 0.0800. The summed E-state index contributed by atoms with van der Waals surface area (Å²) in [4.78, 5) is 36.9. The van der Waals surface area contributed by atoms with Gasteiger partial charge in [-0.05, 0) is 70.1 Å². The van der Waals surface area contributed by atoms with Gasteiger partial charge in [-0.3, -0.25) is 9.69 Å². The summed E-state index contributed by atoms with van der Waals surface area (Å²) in [7, 11) is 0. The number of hydrogen-bond acceptors (Lipinski definition) is 4. The smallest absolute Gasteiger partial charge is 0.335 e. The number of carbonyl (C=O) groups excluding carboxylic acids is 2. The molecule has 7 nitrogen and oxygen atoms in total. The van der Waals surface area contributed by atoms with Crippen LogP contribution in [0.2, 0.25) is 0 Å². The maximum absolute atomic E-state index is 13.9. The Labute approximate surface area is 208 Å². The first-order valence-electron chi connectivity index (χ1n) is 10.1. The third kappa shape index (κ3) is 5.25. The summed E-state index contributed by atoms with van der Waals surface area (Å²) in [6.45, 7) is 0.0995. The van der Waals surface area contributed by atoms with Gasteiger partial charge in [0.1, 0.15) is 23.9 Å². The number of nitrogens with zero attached hydrogens (tertiary/aromatic N) is 1. The van der Waals surface area contributed by atoms with Crippen LogP contribution in [0.5, 0.6) is 5.75 Å². The van der Waals surface area contributed by atoms with Crippen molar-refractivity contribution in [2.75, 3.05) is 0 Å². The third-order valence-electron chi connectivity index (χ3n) is 5.11. The highest BCUT2D eigenvalue weighted by atomic mass is 127. The van der Waals surface area contributed by atoms with Gasteiger partial charge in [0.2, 0.25) is 0 Å². The van der Waals surface area contributed by atoms with Crippen LogP contribution in [0, 0.1) is 9.39 Å². The van der Waals surface area contributed by atoms with Crippen molar-refractivity contribution in [1.29, 1.82) is 0 Å². The average molecular weight is 572 g/mol. The molecule has 1 saturated heterocycles. The summed E-state index contributed by atoms with van der Waals surface area (Å²) in [6, 6.07) is 17.1. The molecule has 0 unspecified atom stereocenters. The van der Waals surface area contributed by atoms with Crippen molar-refractivity contribution >= 4 is 46.6 Å². The molecule has 0 spiro atoms. The maximum atomic E-state index is 13.9. The molecule has 3 amide bonds. The summed E-state index contributed by atoms with van der Waals surface area (Å²) in [5.41, 5.74) is 2.06. The molecule has 1 heterocycles. The number of urea groups is 1. The third-order valence-corrected chi connectivity index (χ3v) is 5.95. The summed E-state index contributed by atoms with van der Waals surface area (Å²) in [5, 5.41) is 11.5. The molecule has 3 aromatic carbocycles. The molecule has 34 heavy (non-hydrogen) atoms. The monoisotopic (exact) mass is 572 g/mol. The van der Waals surface area contributed by atoms with Gasteiger partial charge < -0.3 is 15.2 Å². The van der Waals surface area contributed by atoms with Crippen molar-refractivity contribution < 1.29 is 28.6 Å². The Morgan fingerprint density at radius 1 is 1.09 bits per heavy atom. The lowest BCUT2D eigenvalue weighted by atomic mass is 10.1. The summed E-state index contributed by atoms with van der Waals surface area (Å²) in [5.74, 6) is -1.39. The predicted octanol–water partition coefficient (Wildman–Crippen LogP) is 4.80. The molecular weight excluding hydrogens is 554 g/mol. The van der Waals surface area contributed by atoms with Gasteiger partial charge in [0.25, 0.3) is 5.91 Å². The Hall–Kier alpha value is -3.73. The molecule has 2 N–H and O–H groups in total. The van der Waals surface area contributed by atoms with E-state index in [4.69, 9.17) is 9.84 Å². The Balaban J connectivity index is 1.43. The quantitative estimate of drug-likeness (QED) is 0.241. The molecule has 1 aliphatic rings. The molecule has 172 valence electrons. The lowest BCUT2D eigenvalue weighted by Crippen LogP contribution is -2.30. The Morgan fingerprint density at radius 2 is 1.82 bits per heavy atom. The number of ether oxygens (including phenoxy) is 1. The van der Waals surface area contributed by atoms with Crippen molar-refractivity contribution in [2.45, 2.75) is 13.2 Å². The molecule has 0 radical (unpaired) electrons. The first-order valence-corrected chi connectivity index (χ1v) is 11.2. The minimum atomic E-state index is -0.987. The van der Waals surface area contributed by atoms with E-state index >= 15 is 0 Å². The van der Waals surface area contributed by atoms with E-state index in [-0.39, 0.29) is 30.0 Å². The topological polar surface area (TPSA) is 95.9 Å². The van der Waals surface area contributed by atoms with Crippen LogP contribution in [0.1, 0.15) is 27.0 Å². The van der Waals surface area contributed by atoms with Gasteiger partial charge >= 0.3 is 12.0 Å². The maximum Gasteiger partial charge on any atom is 0.335 e. The Bertz CT molecular complexity index is 1310. The zero-order valence-corrected chi connectivity index (χ0v) is 19.8. The van der Waals surface area contributed by atoms with E-state index < -0.39 is 23.7 Å². The second-order valence-electron chi connectivity index (χ2n) is 7.45. The molecule has 9 heteroatoms. The summed E-state index contributed by atoms with van der Waals surface area (Å²) >= 11 is 2.11. The molecule has 0 aliphatic carbocycles. The van der Waals surface area contributed by atoms with Crippen LogP contribution in [-0.4, -0.2) is 27.9 Å². The molecule has 0 aromatic heterocycles. The minimum absolute atomic E-state index is 0.101. The average Bonchev–Trinajstić information content (AvgIpc) is 3.07. The number of aromatic carboxylic acids is 1. The summed E-state index contributed by atoms with van der Waals surface area (Å²) in [6.07, 6.45) is 1.55. The molecule has 0 bridgehead atoms. The van der Waals surface area contributed by atoms with E-state index in [0.717, 1.165) is 14.0 Å². The molecule has 0 saturated carbocycles. The number of carboxylic acid groups (broad SMARTS) is 1. The number of amides is 3. The molecule has 0 atom stereocenters. The van der Waals surface area contributed by atoms with Crippen LogP contribution in [0.4, 0.5) is 9.18 Å². The normalized spacial score (nSPS) is 14.4. The molecule has 1 fully saturated rings. The van der Waals surface area contributed by atoms with Gasteiger partial charge in [0, 0.05) is 5.56 Å². The lowest BCUT2D eigenvalue weighted by Gasteiger charge is -2.12. The fourth-order valence-corrected chi connectivity index (χ4v) is 4.00. The van der Waals surface area contributed by atoms with Gasteiger partial charge in [-0.25, -0.2) is 14.0 Å². The Kier molecular flexibility index (Phi) is 6.92. The van der Waals surface area contributed by atoms with E-state index in [0.29, 0.717) is 11.3 Å². The standard InChI is InChI=1S/C25H18FIN2O5/c26-19-4-2-1-3-18(19)13-29-23(30)21(28-25(29)33)12-16-7-10-22(20(27)11-16)34-14-15-5-8-17(9-6-15)24(31)32/h1-12H,13-14H2,(H,28,33)(H,31,32)/b21-12+. The number of rotatable bonds is 7. The SMILES string of the molecule is O=C(O)c1ccc(COc2ccc(/C=C3/NC(=O)N(Cc4ccccc4F)C3=O)cc2I)cc1. The second-order valence-corrected chi connectivity index (χ2v) is 8.61. The van der Waals surface area contributed by atoms with E-state index in [1.54, 1.807) is 48.5 Å². The number of nitrogens with one attached hydrogen (secondary N) is 1. The lowest BCUT2D eigenvalue weighted by molar-refractivity contribution is -0.123. The first kappa shape index (κ1) is 23.4. The van der Waals surface area contributed by atoms with Crippen LogP contribution < -0.4 is 10.1 Å². The fourth-order valence-electron chi connectivity index (χ4n) is 3.31. The van der Waals surface area contributed by atoms with Crippen molar-refractivity contribution in [1.82, 2.24) is 10.2 Å². The largest absolute Gasteiger partial charge is 0.488 e. The number of carboxylic acids is 1. The number of halogens is 2. The highest BCUT2D eigenvalue weighted by molar-refractivity contribution is 14.1. The highest BCUT2D eigenvalue weighted by Gasteiger charge is 2.34. The molecule has 1 aliphatic heterocycles. The van der Waals surface area contributed by atoms with Crippen LogP contribution in [0.15, 0.2) is 72.4 Å². The van der Waals surface area contributed by atoms with Crippen molar-refractivity contribution in [2.24, 2.45) is 0 Å². The van der Waals surface area contributed by atoms with Crippen LogP contribution in [0.25, 0.3) is 6.08 Å².